The molecule has 0 aliphatic carbocycles. The van der Waals surface area contributed by atoms with E-state index in [9.17, 15) is 13.2 Å². The number of sulfone groups is 1. The Morgan fingerprint density at radius 1 is 1.07 bits per heavy atom. The Morgan fingerprint density at radius 3 is 2.62 bits per heavy atom. The van der Waals surface area contributed by atoms with E-state index < -0.39 is 9.84 Å². The molecular weight excluding hydrogens is 388 g/mol. The number of rotatable bonds is 3. The van der Waals surface area contributed by atoms with Gasteiger partial charge in [-0.05, 0) is 23.3 Å². The van der Waals surface area contributed by atoms with Crippen molar-refractivity contribution in [2.45, 2.75) is 18.9 Å². The highest BCUT2D eigenvalue weighted by Crippen LogP contribution is 2.30. The molecule has 2 aromatic carbocycles. The predicted octanol–water partition coefficient (Wildman–Crippen LogP) is 2.46. The SMILES string of the molecule is O=C(Cc1coc2ccc3ccccc3c12)N1CCN([C@H]2CCS(=O)(=O)C2)CC1. The average Bonchev–Trinajstić information content (AvgIpc) is 3.31. The standard InChI is InChI=1S/C22H24N2O4S/c25-21(24-10-8-23(9-11-24)18-7-12-29(26,27)15-18)13-17-14-28-20-6-5-16-3-1-2-4-19(16)22(17)20/h1-6,14,18H,7-13,15H2/t18-/m0/s1. The van der Waals surface area contributed by atoms with Crippen molar-refractivity contribution in [3.8, 4) is 0 Å². The van der Waals surface area contributed by atoms with Gasteiger partial charge in [-0.3, -0.25) is 9.69 Å². The number of piperazine rings is 1. The van der Waals surface area contributed by atoms with Crippen LogP contribution in [0.5, 0.6) is 0 Å². The van der Waals surface area contributed by atoms with E-state index in [0.29, 0.717) is 31.7 Å². The zero-order chi connectivity index (χ0) is 20.0. The van der Waals surface area contributed by atoms with E-state index in [1.54, 1.807) is 6.26 Å². The van der Waals surface area contributed by atoms with Gasteiger partial charge in [0.1, 0.15) is 5.58 Å². The van der Waals surface area contributed by atoms with E-state index in [1.807, 2.05) is 29.2 Å². The number of carbonyl (C=O) groups excluding carboxylic acids is 1. The molecule has 2 saturated heterocycles. The first-order valence-corrected chi connectivity index (χ1v) is 11.9. The Balaban J connectivity index is 1.29. The summed E-state index contributed by atoms with van der Waals surface area (Å²) in [5, 5.41) is 3.26. The number of hydrogen-bond donors (Lipinski definition) is 0. The van der Waals surface area contributed by atoms with Crippen LogP contribution >= 0.6 is 0 Å². The quantitative estimate of drug-likeness (QED) is 0.661. The molecule has 6 nitrogen and oxygen atoms in total. The van der Waals surface area contributed by atoms with Crippen molar-refractivity contribution in [3.63, 3.8) is 0 Å². The highest BCUT2D eigenvalue weighted by atomic mass is 32.2. The summed E-state index contributed by atoms with van der Waals surface area (Å²) in [5.74, 6) is 0.646. The Hall–Kier alpha value is -2.38. The van der Waals surface area contributed by atoms with Gasteiger partial charge in [0, 0.05) is 43.2 Å². The number of carbonyl (C=O) groups is 1. The second-order valence-electron chi connectivity index (χ2n) is 8.07. The van der Waals surface area contributed by atoms with Crippen molar-refractivity contribution in [2.24, 2.45) is 0 Å². The number of fused-ring (bicyclic) bond motifs is 3. The molecule has 3 aromatic rings. The maximum absolute atomic E-state index is 12.9. The molecular formula is C22H24N2O4S. The molecule has 1 amide bonds. The van der Waals surface area contributed by atoms with Crippen LogP contribution in [0, 0.1) is 0 Å². The lowest BCUT2D eigenvalue weighted by molar-refractivity contribution is -0.132. The molecule has 2 aliphatic rings. The van der Waals surface area contributed by atoms with Crippen LogP contribution in [0.2, 0.25) is 0 Å². The van der Waals surface area contributed by atoms with Crippen molar-refractivity contribution in [1.29, 1.82) is 0 Å². The molecule has 0 saturated carbocycles. The van der Waals surface area contributed by atoms with Crippen LogP contribution in [0.3, 0.4) is 0 Å². The number of hydrogen-bond acceptors (Lipinski definition) is 5. The molecule has 0 unspecified atom stereocenters. The van der Waals surface area contributed by atoms with E-state index >= 15 is 0 Å². The van der Waals surface area contributed by atoms with Crippen LogP contribution in [-0.2, 0) is 21.1 Å². The van der Waals surface area contributed by atoms with Gasteiger partial charge in [-0.1, -0.05) is 30.3 Å². The van der Waals surface area contributed by atoms with Crippen LogP contribution in [0.25, 0.3) is 21.7 Å². The molecule has 29 heavy (non-hydrogen) atoms. The van der Waals surface area contributed by atoms with Gasteiger partial charge in [-0.25, -0.2) is 8.42 Å². The van der Waals surface area contributed by atoms with E-state index in [0.717, 1.165) is 40.4 Å². The first-order valence-electron chi connectivity index (χ1n) is 10.1. The minimum atomic E-state index is -2.88. The monoisotopic (exact) mass is 412 g/mol. The van der Waals surface area contributed by atoms with Crippen molar-refractivity contribution in [1.82, 2.24) is 9.80 Å². The fourth-order valence-electron chi connectivity index (χ4n) is 4.68. The van der Waals surface area contributed by atoms with Gasteiger partial charge in [0.25, 0.3) is 0 Å². The largest absolute Gasteiger partial charge is 0.464 e. The smallest absolute Gasteiger partial charge is 0.227 e. The minimum absolute atomic E-state index is 0.0966. The molecule has 7 heteroatoms. The van der Waals surface area contributed by atoms with E-state index in [2.05, 4.69) is 17.0 Å². The van der Waals surface area contributed by atoms with Crippen LogP contribution in [0.4, 0.5) is 0 Å². The topological polar surface area (TPSA) is 70.8 Å². The molecule has 2 aliphatic heterocycles. The van der Waals surface area contributed by atoms with Crippen molar-refractivity contribution in [2.75, 3.05) is 37.7 Å². The van der Waals surface area contributed by atoms with Gasteiger partial charge in [-0.2, -0.15) is 0 Å². The van der Waals surface area contributed by atoms with Crippen molar-refractivity contribution >= 4 is 37.5 Å². The predicted molar refractivity (Wildman–Crippen MR) is 113 cm³/mol. The Morgan fingerprint density at radius 2 is 1.86 bits per heavy atom. The summed E-state index contributed by atoms with van der Waals surface area (Å²) in [5.41, 5.74) is 1.73. The second kappa shape index (κ2) is 7.15. The maximum Gasteiger partial charge on any atom is 0.227 e. The molecule has 0 radical (unpaired) electrons. The van der Waals surface area contributed by atoms with Gasteiger partial charge < -0.3 is 9.32 Å². The zero-order valence-corrected chi connectivity index (χ0v) is 17.0. The Kier molecular flexibility index (Phi) is 4.59. The number of nitrogens with zero attached hydrogens (tertiary/aromatic N) is 2. The molecule has 3 heterocycles. The molecule has 1 atom stereocenters. The molecule has 0 spiro atoms. The highest BCUT2D eigenvalue weighted by molar-refractivity contribution is 7.91. The van der Waals surface area contributed by atoms with E-state index in [1.165, 1.54) is 0 Å². The van der Waals surface area contributed by atoms with Crippen LogP contribution in [0.15, 0.2) is 47.1 Å². The molecule has 0 bridgehead atoms. The summed E-state index contributed by atoms with van der Waals surface area (Å²) < 4.78 is 29.2. The van der Waals surface area contributed by atoms with Crippen LogP contribution in [0.1, 0.15) is 12.0 Å². The third-order valence-corrected chi connectivity index (χ3v) is 8.02. The van der Waals surface area contributed by atoms with Crippen LogP contribution in [-0.4, -0.2) is 67.9 Å². The summed E-state index contributed by atoms with van der Waals surface area (Å²) in [4.78, 5) is 17.1. The lowest BCUT2D eigenvalue weighted by atomic mass is 10.0. The van der Waals surface area contributed by atoms with Crippen molar-refractivity contribution < 1.29 is 17.6 Å². The first-order chi connectivity index (χ1) is 14.0. The molecule has 2 fully saturated rings. The minimum Gasteiger partial charge on any atom is -0.464 e. The fourth-order valence-corrected chi connectivity index (χ4v) is 6.44. The fraction of sp³-hybridized carbons (Fsp3) is 0.409. The van der Waals surface area contributed by atoms with Gasteiger partial charge in [0.15, 0.2) is 9.84 Å². The van der Waals surface area contributed by atoms with E-state index in [-0.39, 0.29) is 17.7 Å². The normalized spacial score (nSPS) is 22.5. The van der Waals surface area contributed by atoms with Crippen molar-refractivity contribution in [3.05, 3.63) is 48.2 Å². The summed E-state index contributed by atoms with van der Waals surface area (Å²) in [6, 6.07) is 12.2. The van der Waals surface area contributed by atoms with Gasteiger partial charge in [-0.15, -0.1) is 0 Å². The van der Waals surface area contributed by atoms with Gasteiger partial charge >= 0.3 is 0 Å². The molecule has 152 valence electrons. The Bertz CT molecular complexity index is 1180. The zero-order valence-electron chi connectivity index (χ0n) is 16.2. The van der Waals surface area contributed by atoms with Gasteiger partial charge in [0.05, 0.1) is 24.2 Å². The van der Waals surface area contributed by atoms with Gasteiger partial charge in [0.2, 0.25) is 5.91 Å². The summed E-state index contributed by atoms with van der Waals surface area (Å²) >= 11 is 0. The third-order valence-electron chi connectivity index (χ3n) is 6.27. The number of amides is 1. The Labute approximate surface area is 170 Å². The van der Waals surface area contributed by atoms with Crippen LogP contribution < -0.4 is 0 Å². The average molecular weight is 413 g/mol. The lowest BCUT2D eigenvalue weighted by Crippen LogP contribution is -2.52. The number of benzene rings is 2. The summed E-state index contributed by atoms with van der Waals surface area (Å²) in [7, 11) is -2.88. The maximum atomic E-state index is 12.9. The summed E-state index contributed by atoms with van der Waals surface area (Å²) in [6.45, 7) is 2.76. The summed E-state index contributed by atoms with van der Waals surface area (Å²) in [6.07, 6.45) is 2.73. The van der Waals surface area contributed by atoms with E-state index in [4.69, 9.17) is 4.42 Å². The number of furan rings is 1. The highest BCUT2D eigenvalue weighted by Gasteiger charge is 2.34. The molecule has 0 N–H and O–H groups in total. The first kappa shape index (κ1) is 18.6. The third kappa shape index (κ3) is 3.53. The second-order valence-corrected chi connectivity index (χ2v) is 10.3. The lowest BCUT2D eigenvalue weighted by Gasteiger charge is -2.37. The molecule has 5 rings (SSSR count). The molecule has 1 aromatic heterocycles.